The van der Waals surface area contributed by atoms with Crippen LogP contribution >= 0.6 is 0 Å². The summed E-state index contributed by atoms with van der Waals surface area (Å²) in [5.41, 5.74) is 1.67. The molecule has 102 valence electrons. The highest BCUT2D eigenvalue weighted by Crippen LogP contribution is 2.27. The summed E-state index contributed by atoms with van der Waals surface area (Å²) in [5, 5.41) is 14.4. The third-order valence-electron chi connectivity index (χ3n) is 3.05. The molecule has 0 bridgehead atoms. The van der Waals surface area contributed by atoms with Gasteiger partial charge in [-0.25, -0.2) is 0 Å². The van der Waals surface area contributed by atoms with Crippen LogP contribution in [-0.4, -0.2) is 29.1 Å². The van der Waals surface area contributed by atoms with Crippen LogP contribution in [-0.2, 0) is 13.5 Å². The summed E-state index contributed by atoms with van der Waals surface area (Å²) in [6.45, 7) is 0. The molecular formula is C14H18N2O3. The first kappa shape index (κ1) is 13.4. The van der Waals surface area contributed by atoms with Crippen molar-refractivity contribution < 1.29 is 14.6 Å². The van der Waals surface area contributed by atoms with Gasteiger partial charge < -0.3 is 14.6 Å². The maximum absolute atomic E-state index is 10.3. The largest absolute Gasteiger partial charge is 0.497 e. The molecule has 0 aliphatic rings. The SMILES string of the molecule is COc1cccc(CC(O)c2c(OC)cnn2C)c1. The van der Waals surface area contributed by atoms with E-state index in [1.807, 2.05) is 24.3 Å². The zero-order chi connectivity index (χ0) is 13.8. The summed E-state index contributed by atoms with van der Waals surface area (Å²) in [5.74, 6) is 1.37. The molecule has 0 radical (unpaired) electrons. The second kappa shape index (κ2) is 5.75. The van der Waals surface area contributed by atoms with E-state index in [9.17, 15) is 5.11 Å². The molecule has 0 aliphatic carbocycles. The van der Waals surface area contributed by atoms with E-state index in [0.29, 0.717) is 17.9 Å². The minimum Gasteiger partial charge on any atom is -0.497 e. The number of methoxy groups -OCH3 is 2. The molecule has 2 rings (SSSR count). The third kappa shape index (κ3) is 2.88. The van der Waals surface area contributed by atoms with Crippen LogP contribution in [0.3, 0.4) is 0 Å². The van der Waals surface area contributed by atoms with Crippen molar-refractivity contribution in [3.63, 3.8) is 0 Å². The summed E-state index contributed by atoms with van der Waals surface area (Å²) in [7, 11) is 4.98. The van der Waals surface area contributed by atoms with Crippen LogP contribution < -0.4 is 9.47 Å². The fourth-order valence-electron chi connectivity index (χ4n) is 2.08. The average molecular weight is 262 g/mol. The number of rotatable bonds is 5. The van der Waals surface area contributed by atoms with Gasteiger partial charge in [0.1, 0.15) is 17.5 Å². The zero-order valence-corrected chi connectivity index (χ0v) is 11.3. The van der Waals surface area contributed by atoms with Gasteiger partial charge in [-0.1, -0.05) is 12.1 Å². The minimum absolute atomic E-state index is 0.479. The van der Waals surface area contributed by atoms with Crippen LogP contribution in [0.5, 0.6) is 11.5 Å². The molecule has 5 nitrogen and oxygen atoms in total. The molecule has 1 aromatic heterocycles. The molecule has 1 heterocycles. The number of aromatic nitrogens is 2. The molecule has 1 aromatic carbocycles. The summed E-state index contributed by atoms with van der Waals surface area (Å²) in [4.78, 5) is 0. The lowest BCUT2D eigenvalue weighted by Crippen LogP contribution is -2.09. The molecule has 0 fully saturated rings. The van der Waals surface area contributed by atoms with Crippen LogP contribution in [0.1, 0.15) is 17.4 Å². The first-order chi connectivity index (χ1) is 9.15. The second-order valence-electron chi connectivity index (χ2n) is 4.29. The van der Waals surface area contributed by atoms with E-state index < -0.39 is 6.10 Å². The second-order valence-corrected chi connectivity index (χ2v) is 4.29. The van der Waals surface area contributed by atoms with Crippen molar-refractivity contribution >= 4 is 0 Å². The van der Waals surface area contributed by atoms with Crippen molar-refractivity contribution in [2.75, 3.05) is 14.2 Å². The Kier molecular flexibility index (Phi) is 4.06. The Balaban J connectivity index is 2.20. The molecule has 5 heteroatoms. The molecule has 0 saturated heterocycles. The van der Waals surface area contributed by atoms with Gasteiger partial charge in [0.2, 0.25) is 0 Å². The van der Waals surface area contributed by atoms with Crippen LogP contribution in [0.15, 0.2) is 30.5 Å². The molecule has 0 amide bonds. The molecule has 1 atom stereocenters. The van der Waals surface area contributed by atoms with Crippen molar-refractivity contribution in [1.82, 2.24) is 9.78 Å². The van der Waals surface area contributed by atoms with E-state index in [-0.39, 0.29) is 0 Å². The van der Waals surface area contributed by atoms with Crippen molar-refractivity contribution in [3.05, 3.63) is 41.7 Å². The monoisotopic (exact) mass is 262 g/mol. The van der Waals surface area contributed by atoms with Crippen LogP contribution in [0.25, 0.3) is 0 Å². The van der Waals surface area contributed by atoms with Crippen molar-refractivity contribution in [2.24, 2.45) is 7.05 Å². The number of nitrogens with zero attached hydrogens (tertiary/aromatic N) is 2. The fraction of sp³-hybridized carbons (Fsp3) is 0.357. The summed E-state index contributed by atoms with van der Waals surface area (Å²) in [6.07, 6.45) is 1.41. The van der Waals surface area contributed by atoms with Crippen molar-refractivity contribution in [3.8, 4) is 11.5 Å². The molecule has 2 aromatic rings. The fourth-order valence-corrected chi connectivity index (χ4v) is 2.08. The number of aryl methyl sites for hydroxylation is 1. The number of aliphatic hydroxyl groups is 1. The summed E-state index contributed by atoms with van der Waals surface area (Å²) >= 11 is 0. The Hall–Kier alpha value is -2.01. The Morgan fingerprint density at radius 2 is 2.11 bits per heavy atom. The first-order valence-corrected chi connectivity index (χ1v) is 6.02. The van der Waals surface area contributed by atoms with Crippen LogP contribution in [0, 0.1) is 0 Å². The number of hydrogen-bond acceptors (Lipinski definition) is 4. The van der Waals surface area contributed by atoms with E-state index in [0.717, 1.165) is 11.3 Å². The highest BCUT2D eigenvalue weighted by molar-refractivity contribution is 5.32. The van der Waals surface area contributed by atoms with E-state index in [1.165, 1.54) is 0 Å². The standard InChI is InChI=1S/C14H18N2O3/c1-16-14(13(19-3)9-15-16)12(17)8-10-5-4-6-11(7-10)18-2/h4-7,9,12,17H,8H2,1-3H3. The third-order valence-corrected chi connectivity index (χ3v) is 3.05. The lowest BCUT2D eigenvalue weighted by Gasteiger charge is -2.13. The number of ether oxygens (including phenoxy) is 2. The molecule has 0 spiro atoms. The van der Waals surface area contributed by atoms with Gasteiger partial charge in [0, 0.05) is 13.5 Å². The summed E-state index contributed by atoms with van der Waals surface area (Å²) < 4.78 is 12.0. The maximum Gasteiger partial charge on any atom is 0.162 e. The molecule has 1 unspecified atom stereocenters. The molecule has 0 saturated carbocycles. The highest BCUT2D eigenvalue weighted by atomic mass is 16.5. The van der Waals surface area contributed by atoms with Crippen molar-refractivity contribution in [2.45, 2.75) is 12.5 Å². The summed E-state index contributed by atoms with van der Waals surface area (Å²) in [6, 6.07) is 7.64. The first-order valence-electron chi connectivity index (χ1n) is 6.02. The lowest BCUT2D eigenvalue weighted by atomic mass is 10.0. The van der Waals surface area contributed by atoms with Gasteiger partial charge in [0.25, 0.3) is 0 Å². The van der Waals surface area contributed by atoms with Crippen molar-refractivity contribution in [1.29, 1.82) is 0 Å². The minimum atomic E-state index is -0.672. The molecule has 1 N–H and O–H groups in total. The molecule has 19 heavy (non-hydrogen) atoms. The maximum atomic E-state index is 10.3. The van der Waals surface area contributed by atoms with Gasteiger partial charge in [-0.15, -0.1) is 0 Å². The highest BCUT2D eigenvalue weighted by Gasteiger charge is 2.18. The van der Waals surface area contributed by atoms with E-state index in [1.54, 1.807) is 32.1 Å². The van der Waals surface area contributed by atoms with E-state index in [2.05, 4.69) is 5.10 Å². The Labute approximate surface area is 112 Å². The van der Waals surface area contributed by atoms with Gasteiger partial charge in [0.15, 0.2) is 5.75 Å². The number of hydrogen-bond donors (Lipinski definition) is 1. The van der Waals surface area contributed by atoms with Gasteiger partial charge in [-0.3, -0.25) is 4.68 Å². The number of benzene rings is 1. The number of aliphatic hydroxyl groups excluding tert-OH is 1. The van der Waals surface area contributed by atoms with Crippen LogP contribution in [0.2, 0.25) is 0 Å². The molecule has 0 aliphatic heterocycles. The van der Waals surface area contributed by atoms with Gasteiger partial charge in [-0.2, -0.15) is 5.10 Å². The topological polar surface area (TPSA) is 56.5 Å². The predicted molar refractivity (Wildman–Crippen MR) is 71.4 cm³/mol. The van der Waals surface area contributed by atoms with E-state index >= 15 is 0 Å². The zero-order valence-electron chi connectivity index (χ0n) is 11.3. The smallest absolute Gasteiger partial charge is 0.162 e. The quantitative estimate of drug-likeness (QED) is 0.891. The van der Waals surface area contributed by atoms with Gasteiger partial charge in [-0.05, 0) is 17.7 Å². The lowest BCUT2D eigenvalue weighted by molar-refractivity contribution is 0.164. The normalized spacial score (nSPS) is 12.2. The van der Waals surface area contributed by atoms with E-state index in [4.69, 9.17) is 9.47 Å². The van der Waals surface area contributed by atoms with Gasteiger partial charge in [0.05, 0.1) is 20.4 Å². The molecular weight excluding hydrogens is 244 g/mol. The predicted octanol–water partition coefficient (Wildman–Crippen LogP) is 1.71. The average Bonchev–Trinajstić information content (AvgIpc) is 2.80. The Morgan fingerprint density at radius 3 is 2.79 bits per heavy atom. The Bertz CT molecular complexity index is 551. The Morgan fingerprint density at radius 1 is 1.32 bits per heavy atom. The van der Waals surface area contributed by atoms with Gasteiger partial charge >= 0.3 is 0 Å². The van der Waals surface area contributed by atoms with Crippen LogP contribution in [0.4, 0.5) is 0 Å².